The van der Waals surface area contributed by atoms with Crippen molar-refractivity contribution in [1.29, 1.82) is 5.41 Å². The fourth-order valence-corrected chi connectivity index (χ4v) is 4.96. The summed E-state index contributed by atoms with van der Waals surface area (Å²) in [5.74, 6) is 2.21. The van der Waals surface area contributed by atoms with Crippen LogP contribution >= 0.6 is 0 Å². The van der Waals surface area contributed by atoms with Crippen LogP contribution in [0.4, 0.5) is 5.69 Å². The summed E-state index contributed by atoms with van der Waals surface area (Å²) in [4.78, 5) is 22.3. The Kier molecular flexibility index (Phi) is 5.27. The van der Waals surface area contributed by atoms with Gasteiger partial charge in [0.25, 0.3) is 0 Å². The van der Waals surface area contributed by atoms with Crippen molar-refractivity contribution in [2.45, 2.75) is 58.0 Å². The van der Waals surface area contributed by atoms with E-state index in [9.17, 15) is 4.79 Å². The maximum Gasteiger partial charge on any atom is 0.193 e. The first-order chi connectivity index (χ1) is 17.3. The van der Waals surface area contributed by atoms with Crippen molar-refractivity contribution in [2.24, 2.45) is 0 Å². The highest BCUT2D eigenvalue weighted by Gasteiger charge is 2.33. The summed E-state index contributed by atoms with van der Waals surface area (Å²) in [6.45, 7) is 8.68. The van der Waals surface area contributed by atoms with E-state index in [2.05, 4.69) is 58.4 Å². The number of fused-ring (bicyclic) bond motifs is 2. The molecule has 1 saturated carbocycles. The molecular weight excluding hydrogens is 456 g/mol. The number of rotatable bonds is 6. The molecule has 1 aromatic carbocycles. The monoisotopic (exact) mass is 486 g/mol. The first kappa shape index (κ1) is 22.6. The van der Waals surface area contributed by atoms with Crippen LogP contribution in [0.25, 0.3) is 0 Å². The molecule has 3 aliphatic rings. The SMILES string of the molecule is CC(C)(C)c1cc(C(=O)CN2Cc3ccc(C4CC4)nc3C2=N)cc2c1OCCN2Cc1nn[nH]n1. The quantitative estimate of drug-likeness (QED) is 0.509. The van der Waals surface area contributed by atoms with E-state index in [1.54, 1.807) is 0 Å². The summed E-state index contributed by atoms with van der Waals surface area (Å²) in [5.41, 5.74) is 5.02. The number of pyridine rings is 1. The molecule has 1 fully saturated rings. The number of Topliss-reactive ketones (excluding diaryl/α,β-unsaturated/α-hetero) is 1. The second kappa shape index (κ2) is 8.39. The summed E-state index contributed by atoms with van der Waals surface area (Å²) >= 11 is 0. The highest BCUT2D eigenvalue weighted by atomic mass is 16.5. The number of H-pyrrole nitrogens is 1. The Bertz CT molecular complexity index is 1340. The number of amidine groups is 1. The van der Waals surface area contributed by atoms with Crippen molar-refractivity contribution in [3.8, 4) is 5.75 Å². The van der Waals surface area contributed by atoms with Gasteiger partial charge in [0.2, 0.25) is 0 Å². The van der Waals surface area contributed by atoms with Crippen LogP contribution in [0.15, 0.2) is 24.3 Å². The van der Waals surface area contributed by atoms with E-state index in [0.717, 1.165) is 28.3 Å². The van der Waals surface area contributed by atoms with Crippen LogP contribution in [0, 0.1) is 5.41 Å². The van der Waals surface area contributed by atoms with Gasteiger partial charge in [-0.2, -0.15) is 5.21 Å². The molecule has 0 atom stereocenters. The molecule has 6 rings (SSSR count). The van der Waals surface area contributed by atoms with Gasteiger partial charge in [-0.05, 0) is 36.5 Å². The molecule has 10 nitrogen and oxygen atoms in total. The molecule has 2 aliphatic heterocycles. The number of ether oxygens (including phenoxy) is 1. The molecule has 0 saturated heterocycles. The molecule has 3 aromatic rings. The standard InChI is InChI=1S/C26H30N8O2/c1-26(2,3)18-10-17(11-20-24(18)36-9-8-33(20)14-22-29-31-32-30-22)21(35)13-34-12-16-6-7-19(15-4-5-15)28-23(16)25(34)27/h6-7,10-11,15,27H,4-5,8-9,12-14H2,1-3H3,(H,29,30,31,32). The summed E-state index contributed by atoms with van der Waals surface area (Å²) in [5, 5.41) is 23.1. The topological polar surface area (TPSA) is 124 Å². The Labute approximate surface area is 209 Å². The summed E-state index contributed by atoms with van der Waals surface area (Å²) in [6, 6.07) is 8.00. The van der Waals surface area contributed by atoms with Crippen LogP contribution in [-0.2, 0) is 18.5 Å². The first-order valence-electron chi connectivity index (χ1n) is 12.4. The second-order valence-corrected chi connectivity index (χ2v) is 10.9. The van der Waals surface area contributed by atoms with Crippen molar-refractivity contribution in [3.63, 3.8) is 0 Å². The fraction of sp³-hybridized carbons (Fsp3) is 0.462. The lowest BCUT2D eigenvalue weighted by Gasteiger charge is -2.35. The number of hydrogen-bond donors (Lipinski definition) is 2. The van der Waals surface area contributed by atoms with Gasteiger partial charge < -0.3 is 14.5 Å². The highest BCUT2D eigenvalue weighted by Crippen LogP contribution is 2.43. The van der Waals surface area contributed by atoms with E-state index in [-0.39, 0.29) is 17.7 Å². The van der Waals surface area contributed by atoms with Gasteiger partial charge in [0.05, 0.1) is 25.3 Å². The molecule has 0 bridgehead atoms. The molecule has 2 N–H and O–H groups in total. The lowest BCUT2D eigenvalue weighted by Crippen LogP contribution is -2.35. The molecule has 0 amide bonds. The number of aromatic amines is 1. The van der Waals surface area contributed by atoms with Gasteiger partial charge in [-0.25, -0.2) is 4.98 Å². The van der Waals surface area contributed by atoms with Crippen molar-refractivity contribution in [1.82, 2.24) is 30.5 Å². The van der Waals surface area contributed by atoms with E-state index >= 15 is 0 Å². The summed E-state index contributed by atoms with van der Waals surface area (Å²) in [7, 11) is 0. The number of benzene rings is 1. The minimum Gasteiger partial charge on any atom is -0.489 e. The van der Waals surface area contributed by atoms with Gasteiger partial charge in [0.1, 0.15) is 23.9 Å². The van der Waals surface area contributed by atoms with Gasteiger partial charge >= 0.3 is 0 Å². The Morgan fingerprint density at radius 1 is 1.22 bits per heavy atom. The van der Waals surface area contributed by atoms with Crippen LogP contribution in [-0.4, -0.2) is 61.8 Å². The molecular formula is C26H30N8O2. The van der Waals surface area contributed by atoms with Gasteiger partial charge in [0, 0.05) is 34.8 Å². The van der Waals surface area contributed by atoms with Crippen LogP contribution in [0.3, 0.4) is 0 Å². The van der Waals surface area contributed by atoms with Crippen LogP contribution in [0.2, 0.25) is 0 Å². The van der Waals surface area contributed by atoms with E-state index < -0.39 is 0 Å². The smallest absolute Gasteiger partial charge is 0.193 e. The third kappa shape index (κ3) is 4.10. The van der Waals surface area contributed by atoms with E-state index in [1.165, 1.54) is 12.8 Å². The molecule has 0 radical (unpaired) electrons. The number of hydrogen-bond acceptors (Lipinski definition) is 8. The van der Waals surface area contributed by atoms with Crippen molar-refractivity contribution < 1.29 is 9.53 Å². The normalized spacial score (nSPS) is 17.1. The van der Waals surface area contributed by atoms with Gasteiger partial charge in [-0.3, -0.25) is 10.2 Å². The van der Waals surface area contributed by atoms with Gasteiger partial charge in [-0.1, -0.05) is 32.1 Å². The molecule has 36 heavy (non-hydrogen) atoms. The highest BCUT2D eigenvalue weighted by molar-refractivity contribution is 6.05. The largest absolute Gasteiger partial charge is 0.489 e. The van der Waals surface area contributed by atoms with Gasteiger partial charge in [-0.15, -0.1) is 10.2 Å². The fourth-order valence-electron chi connectivity index (χ4n) is 4.96. The number of carbonyl (C=O) groups is 1. The third-order valence-corrected chi connectivity index (χ3v) is 7.10. The Balaban J connectivity index is 1.29. The molecule has 1 aliphatic carbocycles. The predicted octanol–water partition coefficient (Wildman–Crippen LogP) is 3.19. The number of ketones is 1. The predicted molar refractivity (Wildman–Crippen MR) is 134 cm³/mol. The van der Waals surface area contributed by atoms with Crippen LogP contribution in [0.1, 0.15) is 78.2 Å². The number of nitrogens with one attached hydrogen (secondary N) is 2. The van der Waals surface area contributed by atoms with E-state index in [1.807, 2.05) is 17.0 Å². The van der Waals surface area contributed by atoms with Crippen molar-refractivity contribution >= 4 is 17.3 Å². The second-order valence-electron chi connectivity index (χ2n) is 10.9. The van der Waals surface area contributed by atoms with Gasteiger partial charge in [0.15, 0.2) is 11.6 Å². The first-order valence-corrected chi connectivity index (χ1v) is 12.4. The number of aromatic nitrogens is 5. The molecule has 0 spiro atoms. The molecule has 2 aromatic heterocycles. The minimum absolute atomic E-state index is 0.0339. The average molecular weight is 487 g/mol. The maximum absolute atomic E-state index is 13.6. The number of tetrazole rings is 1. The van der Waals surface area contributed by atoms with E-state index in [0.29, 0.717) is 55.1 Å². The third-order valence-electron chi connectivity index (χ3n) is 7.10. The zero-order chi connectivity index (χ0) is 25.0. The molecule has 0 unspecified atom stereocenters. The van der Waals surface area contributed by atoms with E-state index in [4.69, 9.17) is 15.1 Å². The zero-order valence-corrected chi connectivity index (χ0v) is 20.8. The van der Waals surface area contributed by atoms with Crippen molar-refractivity contribution in [3.05, 3.63) is 58.2 Å². The number of anilines is 1. The Morgan fingerprint density at radius 3 is 2.78 bits per heavy atom. The van der Waals surface area contributed by atoms with Crippen molar-refractivity contribution in [2.75, 3.05) is 24.6 Å². The van der Waals surface area contributed by atoms with Crippen LogP contribution < -0.4 is 9.64 Å². The van der Waals surface area contributed by atoms with Crippen LogP contribution in [0.5, 0.6) is 5.75 Å². The number of carbonyl (C=O) groups excluding carboxylic acids is 1. The number of nitrogens with zero attached hydrogens (tertiary/aromatic N) is 6. The molecule has 4 heterocycles. The lowest BCUT2D eigenvalue weighted by molar-refractivity contribution is 0.0962. The zero-order valence-electron chi connectivity index (χ0n) is 20.8. The summed E-state index contributed by atoms with van der Waals surface area (Å²) < 4.78 is 6.12. The minimum atomic E-state index is -0.227. The maximum atomic E-state index is 13.6. The molecule has 10 heteroatoms. The average Bonchev–Trinajstić information content (AvgIpc) is 3.50. The Hall–Kier alpha value is -3.82. The lowest BCUT2D eigenvalue weighted by atomic mass is 9.84. The molecule has 186 valence electrons. The summed E-state index contributed by atoms with van der Waals surface area (Å²) in [6.07, 6.45) is 2.34. The Morgan fingerprint density at radius 2 is 2.06 bits per heavy atom.